The zero-order valence-electron chi connectivity index (χ0n) is 17.3. The van der Waals surface area contributed by atoms with Crippen molar-refractivity contribution in [3.8, 4) is 0 Å². The Morgan fingerprint density at radius 3 is 2.44 bits per heavy atom. The Bertz CT molecular complexity index is 564. The van der Waals surface area contributed by atoms with Crippen LogP contribution in [0.1, 0.15) is 67.7 Å². The number of rotatable bonds is 5. The van der Waals surface area contributed by atoms with Crippen LogP contribution in [0.25, 0.3) is 0 Å². The van der Waals surface area contributed by atoms with Crippen LogP contribution in [0.15, 0.2) is 23.3 Å². The lowest BCUT2D eigenvalue weighted by Crippen LogP contribution is -2.40. The molecule has 4 unspecified atom stereocenters. The minimum absolute atomic E-state index is 0.0499. The van der Waals surface area contributed by atoms with E-state index in [1.54, 1.807) is 7.11 Å². The third kappa shape index (κ3) is 4.19. The summed E-state index contributed by atoms with van der Waals surface area (Å²) < 4.78 is 11.6. The summed E-state index contributed by atoms with van der Waals surface area (Å²) in [6.07, 6.45) is 6.97. The number of carbonyl (C=O) groups excluding carboxylic acids is 1. The van der Waals surface area contributed by atoms with Crippen LogP contribution in [-0.2, 0) is 14.3 Å². The summed E-state index contributed by atoms with van der Waals surface area (Å²) in [4.78, 5) is 13.1. The van der Waals surface area contributed by atoms with Gasteiger partial charge < -0.3 is 9.47 Å². The molecule has 0 amide bonds. The minimum atomic E-state index is -0.458. The first kappa shape index (κ1) is 20.2. The molecule has 3 heteroatoms. The largest absolute Gasteiger partial charge is 0.457 e. The second kappa shape index (κ2) is 7.26. The zero-order chi connectivity index (χ0) is 19.0. The van der Waals surface area contributed by atoms with Crippen LogP contribution in [0.4, 0.5) is 0 Å². The number of hydrogen-bond acceptors (Lipinski definition) is 3. The third-order valence-corrected chi connectivity index (χ3v) is 6.06. The van der Waals surface area contributed by atoms with E-state index in [1.807, 2.05) is 0 Å². The first-order valence-corrected chi connectivity index (χ1v) is 9.64. The molecule has 0 aliphatic heterocycles. The molecule has 0 heterocycles. The SMILES string of the molecule is COC1C=CC2=C(CCC2OC(=O)C(C)(CC(C)(C)C)C(C)C)C1C. The summed E-state index contributed by atoms with van der Waals surface area (Å²) in [5.41, 5.74) is 2.23. The highest BCUT2D eigenvalue weighted by Crippen LogP contribution is 2.43. The van der Waals surface area contributed by atoms with Gasteiger partial charge in [0.15, 0.2) is 0 Å². The third-order valence-electron chi connectivity index (χ3n) is 6.06. The van der Waals surface area contributed by atoms with Crippen LogP contribution in [0.3, 0.4) is 0 Å². The molecule has 3 nitrogen and oxygen atoms in total. The summed E-state index contributed by atoms with van der Waals surface area (Å²) in [5.74, 6) is 0.554. The lowest BCUT2D eigenvalue weighted by atomic mass is 9.69. The molecule has 25 heavy (non-hydrogen) atoms. The van der Waals surface area contributed by atoms with Gasteiger partial charge in [-0.05, 0) is 43.1 Å². The molecule has 0 aromatic heterocycles. The zero-order valence-corrected chi connectivity index (χ0v) is 17.3. The van der Waals surface area contributed by atoms with Crippen molar-refractivity contribution in [2.24, 2.45) is 22.7 Å². The first-order chi connectivity index (χ1) is 11.5. The fourth-order valence-corrected chi connectivity index (χ4v) is 4.34. The van der Waals surface area contributed by atoms with Crippen molar-refractivity contribution in [2.45, 2.75) is 79.9 Å². The van der Waals surface area contributed by atoms with Gasteiger partial charge >= 0.3 is 5.97 Å². The number of carbonyl (C=O) groups is 1. The molecular formula is C22H36O3. The van der Waals surface area contributed by atoms with E-state index in [0.717, 1.165) is 19.3 Å². The van der Waals surface area contributed by atoms with Crippen molar-refractivity contribution in [1.29, 1.82) is 0 Å². The van der Waals surface area contributed by atoms with Crippen molar-refractivity contribution in [3.63, 3.8) is 0 Å². The summed E-state index contributed by atoms with van der Waals surface area (Å²) in [7, 11) is 1.75. The number of ether oxygens (including phenoxy) is 2. The van der Waals surface area contributed by atoms with Crippen LogP contribution in [0, 0.1) is 22.7 Å². The normalized spacial score (nSPS) is 28.9. The van der Waals surface area contributed by atoms with Crippen LogP contribution >= 0.6 is 0 Å². The van der Waals surface area contributed by atoms with Gasteiger partial charge in [0.05, 0.1) is 11.5 Å². The second-order valence-electron chi connectivity index (χ2n) is 9.57. The van der Waals surface area contributed by atoms with Crippen molar-refractivity contribution in [3.05, 3.63) is 23.3 Å². The van der Waals surface area contributed by atoms with E-state index in [2.05, 4.69) is 60.6 Å². The highest BCUT2D eigenvalue weighted by atomic mass is 16.5. The van der Waals surface area contributed by atoms with E-state index in [-0.39, 0.29) is 29.5 Å². The average Bonchev–Trinajstić information content (AvgIpc) is 2.89. The van der Waals surface area contributed by atoms with Gasteiger partial charge in [-0.3, -0.25) is 4.79 Å². The highest BCUT2D eigenvalue weighted by Gasteiger charge is 2.43. The predicted octanol–water partition coefficient (Wildman–Crippen LogP) is 5.31. The van der Waals surface area contributed by atoms with E-state index < -0.39 is 5.41 Å². The Balaban J connectivity index is 2.16. The maximum atomic E-state index is 13.1. The van der Waals surface area contributed by atoms with E-state index in [0.29, 0.717) is 5.92 Å². The molecule has 0 saturated carbocycles. The van der Waals surface area contributed by atoms with Crippen molar-refractivity contribution in [2.75, 3.05) is 7.11 Å². The Morgan fingerprint density at radius 2 is 1.92 bits per heavy atom. The number of methoxy groups -OCH3 is 1. The molecule has 0 radical (unpaired) electrons. The maximum absolute atomic E-state index is 13.1. The van der Waals surface area contributed by atoms with Gasteiger partial charge in [-0.1, -0.05) is 59.3 Å². The Hall–Kier alpha value is -1.09. The van der Waals surface area contributed by atoms with E-state index >= 15 is 0 Å². The Kier molecular flexibility index (Phi) is 5.88. The van der Waals surface area contributed by atoms with Gasteiger partial charge in [0.25, 0.3) is 0 Å². The Morgan fingerprint density at radius 1 is 1.28 bits per heavy atom. The quantitative estimate of drug-likeness (QED) is 0.632. The maximum Gasteiger partial charge on any atom is 0.312 e. The fraction of sp³-hybridized carbons (Fsp3) is 0.773. The number of hydrogen-bond donors (Lipinski definition) is 0. The van der Waals surface area contributed by atoms with Crippen molar-refractivity contribution in [1.82, 2.24) is 0 Å². The van der Waals surface area contributed by atoms with Crippen LogP contribution in [0.2, 0.25) is 0 Å². The molecule has 0 fully saturated rings. The lowest BCUT2D eigenvalue weighted by molar-refractivity contribution is -0.163. The standard InChI is InChI=1S/C22H36O3/c1-14(2)22(7,13-21(4,5)6)20(23)25-19-12-9-16-15(3)18(24-8)11-10-17(16)19/h10-11,14-15,18-19H,9,12-13H2,1-8H3. The molecular weight excluding hydrogens is 312 g/mol. The van der Waals surface area contributed by atoms with Crippen molar-refractivity contribution < 1.29 is 14.3 Å². The van der Waals surface area contributed by atoms with E-state index in [4.69, 9.17) is 9.47 Å². The second-order valence-corrected chi connectivity index (χ2v) is 9.57. The molecule has 2 aliphatic carbocycles. The molecule has 4 atom stereocenters. The molecule has 142 valence electrons. The van der Waals surface area contributed by atoms with E-state index in [9.17, 15) is 4.79 Å². The average molecular weight is 349 g/mol. The molecule has 0 saturated heterocycles. The smallest absolute Gasteiger partial charge is 0.312 e. The molecule has 2 rings (SSSR count). The first-order valence-electron chi connectivity index (χ1n) is 9.64. The van der Waals surface area contributed by atoms with Gasteiger partial charge in [-0.15, -0.1) is 0 Å². The molecule has 0 aromatic rings. The summed E-state index contributed by atoms with van der Waals surface area (Å²) in [5, 5.41) is 0. The van der Waals surface area contributed by atoms with Crippen LogP contribution in [-0.4, -0.2) is 25.3 Å². The van der Waals surface area contributed by atoms with Crippen LogP contribution < -0.4 is 0 Å². The summed E-state index contributed by atoms with van der Waals surface area (Å²) in [6.45, 7) is 15.1. The topological polar surface area (TPSA) is 35.5 Å². The van der Waals surface area contributed by atoms with Gasteiger partial charge in [0.2, 0.25) is 0 Å². The molecule has 2 aliphatic rings. The molecule has 0 aromatic carbocycles. The fourth-order valence-electron chi connectivity index (χ4n) is 4.34. The molecule has 0 N–H and O–H groups in total. The predicted molar refractivity (Wildman–Crippen MR) is 102 cm³/mol. The van der Waals surface area contributed by atoms with Gasteiger partial charge in [-0.25, -0.2) is 0 Å². The monoisotopic (exact) mass is 348 g/mol. The van der Waals surface area contributed by atoms with E-state index in [1.165, 1.54) is 11.1 Å². The van der Waals surface area contributed by atoms with Gasteiger partial charge in [0, 0.05) is 13.0 Å². The molecule has 0 bridgehead atoms. The lowest BCUT2D eigenvalue weighted by Gasteiger charge is -2.37. The van der Waals surface area contributed by atoms with Gasteiger partial charge in [0.1, 0.15) is 6.10 Å². The van der Waals surface area contributed by atoms with Crippen molar-refractivity contribution >= 4 is 5.97 Å². The summed E-state index contributed by atoms with van der Waals surface area (Å²) in [6, 6.07) is 0. The molecule has 0 spiro atoms. The minimum Gasteiger partial charge on any atom is -0.457 e. The highest BCUT2D eigenvalue weighted by molar-refractivity contribution is 5.77. The summed E-state index contributed by atoms with van der Waals surface area (Å²) >= 11 is 0. The Labute approximate surface area is 153 Å². The number of esters is 1. The van der Waals surface area contributed by atoms with Gasteiger partial charge in [-0.2, -0.15) is 0 Å². The van der Waals surface area contributed by atoms with Crippen LogP contribution in [0.5, 0.6) is 0 Å².